The first-order valence-electron chi connectivity index (χ1n) is 8.52. The minimum absolute atomic E-state index is 0.382. The molecule has 0 amide bonds. The van der Waals surface area contributed by atoms with Gasteiger partial charge in [0.1, 0.15) is 5.69 Å². The Kier molecular flexibility index (Phi) is 5.41. The molecular weight excluding hydrogens is 302 g/mol. The molecule has 1 aromatic carbocycles. The SMILES string of the molecule is COC(=O)/C=C/c1nnn(C2CCCCC2)c1Cc1ccccc1. The quantitative estimate of drug-likeness (QED) is 0.623. The summed E-state index contributed by atoms with van der Waals surface area (Å²) in [5.41, 5.74) is 3.02. The van der Waals surface area contributed by atoms with E-state index < -0.39 is 0 Å². The number of aromatic nitrogens is 3. The van der Waals surface area contributed by atoms with Crippen molar-refractivity contribution >= 4 is 12.0 Å². The zero-order chi connectivity index (χ0) is 16.8. The van der Waals surface area contributed by atoms with Gasteiger partial charge in [0.05, 0.1) is 18.8 Å². The normalized spacial score (nSPS) is 15.7. The minimum Gasteiger partial charge on any atom is -0.466 e. The van der Waals surface area contributed by atoms with Crippen molar-refractivity contribution in [3.63, 3.8) is 0 Å². The number of nitrogens with zero attached hydrogens (tertiary/aromatic N) is 3. The van der Waals surface area contributed by atoms with E-state index in [-0.39, 0.29) is 5.97 Å². The maximum Gasteiger partial charge on any atom is 0.330 e. The smallest absolute Gasteiger partial charge is 0.330 e. The number of esters is 1. The Morgan fingerprint density at radius 2 is 2.00 bits per heavy atom. The average molecular weight is 325 g/mol. The summed E-state index contributed by atoms with van der Waals surface area (Å²) in [6.07, 6.45) is 9.93. The number of ether oxygens (including phenoxy) is 1. The second-order valence-corrected chi connectivity index (χ2v) is 6.18. The molecule has 1 aliphatic rings. The molecule has 5 nitrogen and oxygen atoms in total. The standard InChI is InChI=1S/C19H23N3O2/c1-24-19(23)13-12-17-18(14-15-8-4-2-5-9-15)22(21-20-17)16-10-6-3-7-11-16/h2,4-5,8-9,12-13,16H,3,6-7,10-11,14H2,1H3/b13-12+. The van der Waals surface area contributed by atoms with E-state index in [1.807, 2.05) is 18.2 Å². The van der Waals surface area contributed by atoms with Crippen LogP contribution in [0.2, 0.25) is 0 Å². The lowest BCUT2D eigenvalue weighted by Gasteiger charge is -2.23. The highest BCUT2D eigenvalue weighted by molar-refractivity contribution is 5.86. The third kappa shape index (κ3) is 3.91. The van der Waals surface area contributed by atoms with Gasteiger partial charge in [-0.15, -0.1) is 5.10 Å². The van der Waals surface area contributed by atoms with Gasteiger partial charge < -0.3 is 4.74 Å². The monoisotopic (exact) mass is 325 g/mol. The predicted octanol–water partition coefficient (Wildman–Crippen LogP) is 3.56. The number of methoxy groups -OCH3 is 1. The Labute approximate surface area is 142 Å². The molecular formula is C19H23N3O2. The van der Waals surface area contributed by atoms with Crippen LogP contribution < -0.4 is 0 Å². The lowest BCUT2D eigenvalue weighted by atomic mass is 9.95. The van der Waals surface area contributed by atoms with Crippen molar-refractivity contribution in [2.24, 2.45) is 0 Å². The summed E-state index contributed by atoms with van der Waals surface area (Å²) in [6, 6.07) is 10.7. The van der Waals surface area contributed by atoms with E-state index in [9.17, 15) is 4.79 Å². The molecule has 1 aliphatic carbocycles. The van der Waals surface area contributed by atoms with Crippen molar-refractivity contribution in [1.82, 2.24) is 15.0 Å². The summed E-state index contributed by atoms with van der Waals surface area (Å²) in [7, 11) is 1.37. The van der Waals surface area contributed by atoms with Crippen LogP contribution in [0.1, 0.15) is 55.1 Å². The third-order valence-electron chi connectivity index (χ3n) is 4.53. The molecule has 0 aliphatic heterocycles. The van der Waals surface area contributed by atoms with E-state index in [1.165, 1.54) is 38.0 Å². The highest BCUT2D eigenvalue weighted by Crippen LogP contribution is 2.30. The summed E-state index contributed by atoms with van der Waals surface area (Å²) in [5.74, 6) is -0.382. The molecule has 1 saturated carbocycles. The molecule has 0 unspecified atom stereocenters. The van der Waals surface area contributed by atoms with Gasteiger partial charge in [-0.05, 0) is 24.5 Å². The van der Waals surface area contributed by atoms with Crippen LogP contribution in [0.4, 0.5) is 0 Å². The predicted molar refractivity (Wildman–Crippen MR) is 92.4 cm³/mol. The Bertz CT molecular complexity index is 701. The first kappa shape index (κ1) is 16.4. The van der Waals surface area contributed by atoms with Crippen LogP contribution in [0, 0.1) is 0 Å². The van der Waals surface area contributed by atoms with Crippen molar-refractivity contribution < 1.29 is 9.53 Å². The molecule has 1 aromatic heterocycles. The van der Waals surface area contributed by atoms with Crippen molar-refractivity contribution in [2.75, 3.05) is 7.11 Å². The molecule has 126 valence electrons. The van der Waals surface area contributed by atoms with Crippen LogP contribution in [-0.4, -0.2) is 28.1 Å². The van der Waals surface area contributed by atoms with Crippen molar-refractivity contribution in [2.45, 2.75) is 44.6 Å². The molecule has 0 bridgehead atoms. The van der Waals surface area contributed by atoms with Gasteiger partial charge in [-0.2, -0.15) is 0 Å². The third-order valence-corrected chi connectivity index (χ3v) is 4.53. The van der Waals surface area contributed by atoms with Crippen molar-refractivity contribution in [1.29, 1.82) is 0 Å². The van der Waals surface area contributed by atoms with Crippen LogP contribution in [-0.2, 0) is 16.0 Å². The van der Waals surface area contributed by atoms with Gasteiger partial charge in [0.2, 0.25) is 0 Å². The van der Waals surface area contributed by atoms with E-state index in [4.69, 9.17) is 0 Å². The summed E-state index contributed by atoms with van der Waals surface area (Å²) in [4.78, 5) is 11.4. The molecule has 0 N–H and O–H groups in total. The second kappa shape index (κ2) is 7.90. The van der Waals surface area contributed by atoms with Crippen LogP contribution in [0.5, 0.6) is 0 Å². The Balaban J connectivity index is 1.91. The van der Waals surface area contributed by atoms with Gasteiger partial charge in [-0.1, -0.05) is 54.8 Å². The van der Waals surface area contributed by atoms with Gasteiger partial charge in [0, 0.05) is 12.5 Å². The fourth-order valence-electron chi connectivity index (χ4n) is 3.25. The van der Waals surface area contributed by atoms with Crippen LogP contribution in [0.3, 0.4) is 0 Å². The molecule has 24 heavy (non-hydrogen) atoms. The molecule has 1 fully saturated rings. The maximum absolute atomic E-state index is 11.4. The van der Waals surface area contributed by atoms with Crippen LogP contribution >= 0.6 is 0 Å². The van der Waals surface area contributed by atoms with Crippen LogP contribution in [0.25, 0.3) is 6.08 Å². The van der Waals surface area contributed by atoms with Gasteiger partial charge in [-0.25, -0.2) is 9.48 Å². The summed E-state index contributed by atoms with van der Waals surface area (Å²) in [6.45, 7) is 0. The number of benzene rings is 1. The van der Waals surface area contributed by atoms with E-state index in [0.29, 0.717) is 6.04 Å². The number of rotatable bonds is 5. The zero-order valence-corrected chi connectivity index (χ0v) is 14.0. The molecule has 1 heterocycles. The second-order valence-electron chi connectivity index (χ2n) is 6.18. The van der Waals surface area contributed by atoms with Gasteiger partial charge in [0.25, 0.3) is 0 Å². The van der Waals surface area contributed by atoms with E-state index in [1.54, 1.807) is 6.08 Å². The average Bonchev–Trinajstić information content (AvgIpc) is 3.04. The molecule has 3 rings (SSSR count). The van der Waals surface area contributed by atoms with Crippen LogP contribution in [0.15, 0.2) is 36.4 Å². The Hall–Kier alpha value is -2.43. The molecule has 5 heteroatoms. The molecule has 0 atom stereocenters. The Morgan fingerprint density at radius 1 is 1.25 bits per heavy atom. The van der Waals surface area contributed by atoms with Gasteiger partial charge in [-0.3, -0.25) is 0 Å². The summed E-state index contributed by atoms with van der Waals surface area (Å²) >= 11 is 0. The van der Waals surface area contributed by atoms with Gasteiger partial charge >= 0.3 is 5.97 Å². The fraction of sp³-hybridized carbons (Fsp3) is 0.421. The summed E-state index contributed by atoms with van der Waals surface area (Å²) < 4.78 is 6.75. The number of carbonyl (C=O) groups is 1. The van der Waals surface area contributed by atoms with E-state index in [2.05, 4.69) is 31.9 Å². The number of carbonyl (C=O) groups excluding carboxylic acids is 1. The summed E-state index contributed by atoms with van der Waals surface area (Å²) in [5, 5.41) is 8.72. The number of hydrogen-bond donors (Lipinski definition) is 0. The molecule has 2 aromatic rings. The highest BCUT2D eigenvalue weighted by Gasteiger charge is 2.21. The number of hydrogen-bond acceptors (Lipinski definition) is 4. The maximum atomic E-state index is 11.4. The lowest BCUT2D eigenvalue weighted by Crippen LogP contribution is -2.17. The Morgan fingerprint density at radius 3 is 2.71 bits per heavy atom. The first-order chi connectivity index (χ1) is 11.8. The van der Waals surface area contributed by atoms with Crippen molar-refractivity contribution in [3.05, 3.63) is 53.4 Å². The molecule has 0 saturated heterocycles. The minimum atomic E-state index is -0.382. The topological polar surface area (TPSA) is 57.0 Å². The molecule has 0 spiro atoms. The molecule has 0 radical (unpaired) electrons. The lowest BCUT2D eigenvalue weighted by molar-refractivity contribution is -0.134. The highest BCUT2D eigenvalue weighted by atomic mass is 16.5. The zero-order valence-electron chi connectivity index (χ0n) is 14.0. The first-order valence-corrected chi connectivity index (χ1v) is 8.52. The largest absolute Gasteiger partial charge is 0.466 e. The fourth-order valence-corrected chi connectivity index (χ4v) is 3.25. The van der Waals surface area contributed by atoms with Gasteiger partial charge in [0.15, 0.2) is 0 Å². The van der Waals surface area contributed by atoms with Crippen molar-refractivity contribution in [3.8, 4) is 0 Å². The van der Waals surface area contributed by atoms with E-state index >= 15 is 0 Å². The van der Waals surface area contributed by atoms with E-state index in [0.717, 1.165) is 30.7 Å².